The first-order valence-corrected chi connectivity index (χ1v) is 11.0. The highest BCUT2D eigenvalue weighted by Crippen LogP contribution is 2.36. The summed E-state index contributed by atoms with van der Waals surface area (Å²) in [4.78, 5) is 11.9. The number of nitrogens with one attached hydrogen (secondary N) is 1. The molecule has 6 nitrogen and oxygen atoms in total. The van der Waals surface area contributed by atoms with Gasteiger partial charge in [0, 0.05) is 4.47 Å². The molecule has 0 bridgehead atoms. The Balaban J connectivity index is 1.96. The number of hydrogen-bond donors (Lipinski definition) is 2. The molecule has 0 aromatic heterocycles. The second kappa shape index (κ2) is 10.6. The summed E-state index contributed by atoms with van der Waals surface area (Å²) >= 11 is 12.1. The van der Waals surface area contributed by atoms with Gasteiger partial charge in [-0.25, -0.2) is 5.43 Å². The van der Waals surface area contributed by atoms with Gasteiger partial charge in [-0.3, -0.25) is 4.79 Å². The summed E-state index contributed by atoms with van der Waals surface area (Å²) in [5, 5.41) is 13.8. The third kappa shape index (κ3) is 6.61. The van der Waals surface area contributed by atoms with Crippen LogP contribution >= 0.6 is 70.4 Å². The van der Waals surface area contributed by atoms with Gasteiger partial charge in [-0.2, -0.15) is 5.10 Å². The summed E-state index contributed by atoms with van der Waals surface area (Å²) in [6, 6.07) is 7.00. The van der Waals surface area contributed by atoms with Gasteiger partial charge in [0.15, 0.2) is 18.1 Å². The van der Waals surface area contributed by atoms with Crippen LogP contribution in [0.4, 0.5) is 0 Å². The van der Waals surface area contributed by atoms with E-state index in [1.807, 2.05) is 41.6 Å². The first-order valence-electron chi connectivity index (χ1n) is 7.56. The molecule has 0 radical (unpaired) electrons. The molecule has 2 aromatic carbocycles. The minimum atomic E-state index is -0.411. The first-order chi connectivity index (χ1) is 12.8. The summed E-state index contributed by atoms with van der Waals surface area (Å²) in [6.07, 6.45) is 1.47. The van der Waals surface area contributed by atoms with Crippen molar-refractivity contribution >= 4 is 82.5 Å². The third-order valence-corrected chi connectivity index (χ3v) is 5.52. The average Bonchev–Trinajstić information content (AvgIpc) is 2.58. The number of rotatable bonds is 7. The summed E-state index contributed by atoms with van der Waals surface area (Å²) in [6.45, 7) is 2.06. The van der Waals surface area contributed by atoms with Crippen LogP contribution < -0.4 is 14.9 Å². The Hall–Kier alpha value is -0.850. The normalized spacial score (nSPS) is 10.9. The van der Waals surface area contributed by atoms with Gasteiger partial charge in [0.25, 0.3) is 5.91 Å². The molecule has 0 aliphatic carbocycles. The Morgan fingerprint density at radius 3 is 2.52 bits per heavy atom. The molecular weight excluding hydrogens is 663 g/mol. The fourth-order valence-electron chi connectivity index (χ4n) is 1.95. The molecule has 0 atom stereocenters. The number of ether oxygens (including phenoxy) is 2. The van der Waals surface area contributed by atoms with Crippen LogP contribution in [0, 0.1) is 3.57 Å². The molecule has 0 saturated heterocycles. The second-order valence-electron chi connectivity index (χ2n) is 5.06. The maximum atomic E-state index is 11.9. The molecule has 0 spiro atoms. The number of hydrazone groups is 1. The summed E-state index contributed by atoms with van der Waals surface area (Å²) in [5.74, 6) is 0.557. The fourth-order valence-corrected chi connectivity index (χ4v) is 5.06. The SMILES string of the molecule is CCOc1cc(/C=N/NC(=O)COc2c(Br)cc(Br)cc2Br)cc(I)c1O. The molecule has 0 aliphatic rings. The van der Waals surface area contributed by atoms with Crippen molar-refractivity contribution in [2.45, 2.75) is 6.92 Å². The largest absolute Gasteiger partial charge is 0.504 e. The van der Waals surface area contributed by atoms with Crippen molar-refractivity contribution in [3.63, 3.8) is 0 Å². The van der Waals surface area contributed by atoms with Gasteiger partial charge in [-0.15, -0.1) is 0 Å². The molecule has 2 N–H and O–H groups in total. The molecule has 0 unspecified atom stereocenters. The van der Waals surface area contributed by atoms with Gasteiger partial charge in [-0.05, 0) is 91.2 Å². The lowest BCUT2D eigenvalue weighted by atomic mass is 10.2. The number of carbonyl (C=O) groups excluding carboxylic acids is 1. The topological polar surface area (TPSA) is 80.2 Å². The van der Waals surface area contributed by atoms with Gasteiger partial charge in [0.2, 0.25) is 0 Å². The van der Waals surface area contributed by atoms with Gasteiger partial charge in [0.1, 0.15) is 5.75 Å². The Labute approximate surface area is 195 Å². The van der Waals surface area contributed by atoms with E-state index < -0.39 is 5.91 Å². The highest BCUT2D eigenvalue weighted by molar-refractivity contribution is 14.1. The van der Waals surface area contributed by atoms with E-state index in [1.165, 1.54) is 6.21 Å². The van der Waals surface area contributed by atoms with Crippen molar-refractivity contribution in [1.29, 1.82) is 0 Å². The van der Waals surface area contributed by atoms with Crippen LogP contribution in [0.5, 0.6) is 17.2 Å². The Bertz CT molecular complexity index is 854. The molecule has 1 amide bonds. The van der Waals surface area contributed by atoms with Crippen molar-refractivity contribution in [2.24, 2.45) is 5.10 Å². The molecule has 144 valence electrons. The maximum Gasteiger partial charge on any atom is 0.277 e. The van der Waals surface area contributed by atoms with Crippen molar-refractivity contribution in [1.82, 2.24) is 5.43 Å². The van der Waals surface area contributed by atoms with Crippen LogP contribution in [0.1, 0.15) is 12.5 Å². The number of phenolic OH excluding ortho intramolecular Hbond substituents is 1. The molecular formula is C17H14Br3IN2O4. The van der Waals surface area contributed by atoms with E-state index in [4.69, 9.17) is 9.47 Å². The third-order valence-electron chi connectivity index (χ3n) is 3.06. The quantitative estimate of drug-likeness (QED) is 0.240. The number of aromatic hydroxyl groups is 1. The lowest BCUT2D eigenvalue weighted by molar-refractivity contribution is -0.123. The number of phenols is 1. The van der Waals surface area contributed by atoms with E-state index >= 15 is 0 Å². The lowest BCUT2D eigenvalue weighted by Gasteiger charge is -2.10. The number of hydrogen-bond acceptors (Lipinski definition) is 5. The predicted molar refractivity (Wildman–Crippen MR) is 123 cm³/mol. The van der Waals surface area contributed by atoms with Crippen LogP contribution in [0.25, 0.3) is 0 Å². The van der Waals surface area contributed by atoms with Gasteiger partial charge < -0.3 is 14.6 Å². The van der Waals surface area contributed by atoms with E-state index in [2.05, 4.69) is 58.3 Å². The maximum absolute atomic E-state index is 11.9. The van der Waals surface area contributed by atoms with E-state index in [9.17, 15) is 9.90 Å². The highest BCUT2D eigenvalue weighted by Gasteiger charge is 2.11. The number of amides is 1. The molecule has 2 aromatic rings. The number of benzene rings is 2. The highest BCUT2D eigenvalue weighted by atomic mass is 127. The molecule has 0 fully saturated rings. The molecule has 27 heavy (non-hydrogen) atoms. The van der Waals surface area contributed by atoms with Gasteiger partial charge in [0.05, 0.1) is 25.3 Å². The van der Waals surface area contributed by atoms with Crippen LogP contribution in [0.15, 0.2) is 42.8 Å². The van der Waals surface area contributed by atoms with Crippen LogP contribution in [0.3, 0.4) is 0 Å². The van der Waals surface area contributed by atoms with E-state index in [-0.39, 0.29) is 12.4 Å². The zero-order valence-electron chi connectivity index (χ0n) is 13.9. The predicted octanol–water partition coefficient (Wildman–Crippen LogP) is 5.21. The monoisotopic (exact) mass is 674 g/mol. The summed E-state index contributed by atoms with van der Waals surface area (Å²) < 4.78 is 13.8. The van der Waals surface area contributed by atoms with Gasteiger partial charge >= 0.3 is 0 Å². The molecule has 0 heterocycles. The Morgan fingerprint density at radius 1 is 1.22 bits per heavy atom. The van der Waals surface area contributed by atoms with Gasteiger partial charge in [-0.1, -0.05) is 15.9 Å². The smallest absolute Gasteiger partial charge is 0.277 e. The molecule has 10 heteroatoms. The Kier molecular flexibility index (Phi) is 8.83. The van der Waals surface area contributed by atoms with E-state index in [1.54, 1.807) is 12.1 Å². The zero-order chi connectivity index (χ0) is 20.0. The van der Waals surface area contributed by atoms with E-state index in [0.717, 1.165) is 4.47 Å². The lowest BCUT2D eigenvalue weighted by Crippen LogP contribution is -2.24. The van der Waals surface area contributed by atoms with Crippen molar-refractivity contribution in [2.75, 3.05) is 13.2 Å². The standard InChI is InChI=1S/C17H14Br3IN2O4/c1-2-26-14-4-9(3-13(21)16(14)25)7-22-23-15(24)8-27-17-11(19)5-10(18)6-12(17)20/h3-7,25H,2,8H2,1H3,(H,23,24)/b22-7+. The van der Waals surface area contributed by atoms with Crippen molar-refractivity contribution in [3.8, 4) is 17.2 Å². The number of carbonyl (C=O) groups is 1. The first kappa shape index (κ1) is 22.4. The van der Waals surface area contributed by atoms with Crippen molar-refractivity contribution in [3.05, 3.63) is 46.8 Å². The minimum absolute atomic E-state index is 0.0812. The summed E-state index contributed by atoms with van der Waals surface area (Å²) in [7, 11) is 0. The second-order valence-corrected chi connectivity index (χ2v) is 8.85. The van der Waals surface area contributed by atoms with Crippen LogP contribution in [-0.2, 0) is 4.79 Å². The van der Waals surface area contributed by atoms with Crippen molar-refractivity contribution < 1.29 is 19.4 Å². The molecule has 0 saturated carbocycles. The zero-order valence-corrected chi connectivity index (χ0v) is 20.8. The average molecular weight is 677 g/mol. The minimum Gasteiger partial charge on any atom is -0.504 e. The molecule has 2 rings (SSSR count). The molecule has 0 aliphatic heterocycles. The van der Waals surface area contributed by atoms with Crippen LogP contribution in [-0.4, -0.2) is 30.4 Å². The Morgan fingerprint density at radius 2 is 1.89 bits per heavy atom. The van der Waals surface area contributed by atoms with E-state index in [0.29, 0.717) is 36.2 Å². The van der Waals surface area contributed by atoms with Crippen LogP contribution in [0.2, 0.25) is 0 Å². The fraction of sp³-hybridized carbons (Fsp3) is 0.176. The number of halogens is 4. The summed E-state index contributed by atoms with van der Waals surface area (Å²) in [5.41, 5.74) is 3.08. The number of nitrogens with zero attached hydrogens (tertiary/aromatic N) is 1.